The van der Waals surface area contributed by atoms with Crippen molar-refractivity contribution >= 4 is 17.7 Å². The Morgan fingerprint density at radius 3 is 2.40 bits per heavy atom. The molecule has 0 atom stereocenters. The van der Waals surface area contributed by atoms with Crippen LogP contribution in [0.3, 0.4) is 0 Å². The molecule has 0 aliphatic carbocycles. The van der Waals surface area contributed by atoms with Crippen LogP contribution in [-0.4, -0.2) is 16.6 Å². The summed E-state index contributed by atoms with van der Waals surface area (Å²) in [5.74, 6) is -2.39. The van der Waals surface area contributed by atoms with E-state index in [1.54, 1.807) is 0 Å². The van der Waals surface area contributed by atoms with Crippen molar-refractivity contribution in [1.82, 2.24) is 0 Å². The number of thioether (sulfide) groups is 1. The fraction of sp³-hybridized carbons (Fsp3) is 0.125. The Morgan fingerprint density at radius 1 is 1.40 bits per heavy atom. The lowest BCUT2D eigenvalue weighted by Crippen LogP contribution is -2.05. The van der Waals surface area contributed by atoms with Crippen LogP contribution in [0.5, 0.6) is 5.75 Å². The summed E-state index contributed by atoms with van der Waals surface area (Å²) in [5.41, 5.74) is -5.03. The van der Waals surface area contributed by atoms with Gasteiger partial charge in [0.2, 0.25) is 0 Å². The molecule has 0 saturated carbocycles. The number of alkyl halides is 3. The van der Waals surface area contributed by atoms with Crippen molar-refractivity contribution in [2.24, 2.45) is 0 Å². The molecule has 1 aromatic carbocycles. The van der Waals surface area contributed by atoms with E-state index in [0.717, 1.165) is 12.1 Å². The molecule has 0 radical (unpaired) electrons. The molecule has 82 valence electrons. The number of carboxylic acid groups (broad SMARTS) is 1. The highest BCUT2D eigenvalue weighted by Gasteiger charge is 2.29. The van der Waals surface area contributed by atoms with Crippen LogP contribution in [0, 0.1) is 0 Å². The van der Waals surface area contributed by atoms with Crippen molar-refractivity contribution in [1.29, 1.82) is 0 Å². The fourth-order valence-electron chi connectivity index (χ4n) is 0.876. The third-order valence-electron chi connectivity index (χ3n) is 1.42. The fourth-order valence-corrected chi connectivity index (χ4v) is 1.45. The summed E-state index contributed by atoms with van der Waals surface area (Å²) in [6, 6.07) is 2.46. The van der Waals surface area contributed by atoms with Gasteiger partial charge in [0.05, 0.1) is 5.56 Å². The first-order valence-electron chi connectivity index (χ1n) is 3.60. The summed E-state index contributed by atoms with van der Waals surface area (Å²) in [4.78, 5) is 10.1. The van der Waals surface area contributed by atoms with Gasteiger partial charge in [-0.1, -0.05) is 11.8 Å². The monoisotopic (exact) mass is 237 g/mol. The summed E-state index contributed by atoms with van der Waals surface area (Å²) in [6.45, 7) is 0. The van der Waals surface area contributed by atoms with Gasteiger partial charge in [-0.2, -0.15) is 13.2 Å². The number of benzene rings is 1. The van der Waals surface area contributed by atoms with Crippen LogP contribution in [0.25, 0.3) is 0 Å². The second-order valence-corrected chi connectivity index (χ2v) is 3.65. The lowest BCUT2D eigenvalue weighted by atomic mass is 10.2. The van der Waals surface area contributed by atoms with Gasteiger partial charge >= 0.3 is 11.5 Å². The minimum absolute atomic E-state index is 0.322. The first-order valence-corrected chi connectivity index (χ1v) is 4.41. The van der Waals surface area contributed by atoms with E-state index in [9.17, 15) is 23.1 Å². The number of carboxylic acids is 1. The Hall–Kier alpha value is -1.37. The molecule has 0 amide bonds. The van der Waals surface area contributed by atoms with Crippen molar-refractivity contribution in [3.05, 3.63) is 23.8 Å². The standard InChI is InChI=1S/C8H5F3O3S/c9-8(10,11)15-4-1-2-5(7(13)14)6(12)3-4/h1-3,12H,(H,13,14)/p-1. The van der Waals surface area contributed by atoms with Gasteiger partial charge in [-0.05, 0) is 23.9 Å². The van der Waals surface area contributed by atoms with Gasteiger partial charge in [0.15, 0.2) is 0 Å². The molecule has 3 nitrogen and oxygen atoms in total. The van der Waals surface area contributed by atoms with E-state index in [4.69, 9.17) is 5.11 Å². The third-order valence-corrected chi connectivity index (χ3v) is 2.14. The minimum Gasteiger partial charge on any atom is -0.872 e. The topological polar surface area (TPSA) is 60.4 Å². The maximum absolute atomic E-state index is 11.9. The van der Waals surface area contributed by atoms with Crippen molar-refractivity contribution in [3.8, 4) is 5.75 Å². The van der Waals surface area contributed by atoms with E-state index in [1.807, 2.05) is 0 Å². The Morgan fingerprint density at radius 2 is 2.00 bits per heavy atom. The van der Waals surface area contributed by atoms with Crippen molar-refractivity contribution in [2.75, 3.05) is 0 Å². The molecule has 1 rings (SSSR count). The average molecular weight is 237 g/mol. The smallest absolute Gasteiger partial charge is 0.446 e. The van der Waals surface area contributed by atoms with Crippen molar-refractivity contribution in [2.45, 2.75) is 10.4 Å². The molecular formula is C8H4F3O3S-. The number of hydrogen-bond donors (Lipinski definition) is 1. The zero-order valence-electron chi connectivity index (χ0n) is 7.04. The van der Waals surface area contributed by atoms with E-state index >= 15 is 0 Å². The molecular weight excluding hydrogens is 233 g/mol. The van der Waals surface area contributed by atoms with Gasteiger partial charge in [0, 0.05) is 4.90 Å². The van der Waals surface area contributed by atoms with E-state index in [0.29, 0.717) is 6.07 Å². The second kappa shape index (κ2) is 4.01. The van der Waals surface area contributed by atoms with Crippen LogP contribution in [0.15, 0.2) is 23.1 Å². The van der Waals surface area contributed by atoms with Gasteiger partial charge in [-0.25, -0.2) is 4.79 Å². The molecule has 0 aliphatic heterocycles. The molecule has 0 aromatic heterocycles. The van der Waals surface area contributed by atoms with E-state index in [-0.39, 0.29) is 4.90 Å². The molecule has 1 aromatic rings. The zero-order chi connectivity index (χ0) is 11.6. The highest BCUT2D eigenvalue weighted by molar-refractivity contribution is 8.00. The number of rotatable bonds is 2. The lowest BCUT2D eigenvalue weighted by Gasteiger charge is -2.12. The van der Waals surface area contributed by atoms with Crippen LogP contribution in [0.1, 0.15) is 10.4 Å². The Kier molecular flexibility index (Phi) is 3.13. The quantitative estimate of drug-likeness (QED) is 0.800. The molecule has 0 heterocycles. The molecule has 0 saturated heterocycles. The lowest BCUT2D eigenvalue weighted by molar-refractivity contribution is -0.269. The maximum atomic E-state index is 11.9. The van der Waals surface area contributed by atoms with Crippen molar-refractivity contribution in [3.63, 3.8) is 0 Å². The van der Waals surface area contributed by atoms with Crippen LogP contribution in [-0.2, 0) is 0 Å². The summed E-state index contributed by atoms with van der Waals surface area (Å²) < 4.78 is 35.6. The highest BCUT2D eigenvalue weighted by atomic mass is 32.2. The summed E-state index contributed by atoms with van der Waals surface area (Å²) in [5, 5.41) is 19.5. The molecule has 0 spiro atoms. The first-order chi connectivity index (χ1) is 6.79. The van der Waals surface area contributed by atoms with E-state index < -0.39 is 34.6 Å². The van der Waals surface area contributed by atoms with Gasteiger partial charge in [0.25, 0.3) is 0 Å². The number of hydrogen-bond acceptors (Lipinski definition) is 3. The summed E-state index contributed by atoms with van der Waals surface area (Å²) in [7, 11) is 0. The number of carbonyl (C=O) groups is 1. The first kappa shape index (κ1) is 11.7. The Bertz CT molecular complexity index is 389. The zero-order valence-corrected chi connectivity index (χ0v) is 7.85. The summed E-state index contributed by atoms with van der Waals surface area (Å²) in [6.07, 6.45) is 0. The number of aromatic carboxylic acids is 1. The van der Waals surface area contributed by atoms with Gasteiger partial charge in [-0.3, -0.25) is 0 Å². The molecule has 0 bridgehead atoms. The normalized spacial score (nSPS) is 11.4. The van der Waals surface area contributed by atoms with Crippen LogP contribution >= 0.6 is 11.8 Å². The Balaban J connectivity index is 2.97. The third kappa shape index (κ3) is 3.35. The largest absolute Gasteiger partial charge is 0.872 e. The minimum atomic E-state index is -4.49. The molecule has 0 unspecified atom stereocenters. The molecule has 7 heteroatoms. The molecule has 15 heavy (non-hydrogen) atoms. The van der Waals surface area contributed by atoms with Crippen LogP contribution in [0.4, 0.5) is 13.2 Å². The SMILES string of the molecule is O=C(O)c1ccc(SC(F)(F)F)cc1[O-]. The van der Waals surface area contributed by atoms with Crippen LogP contribution in [0.2, 0.25) is 0 Å². The summed E-state index contributed by atoms with van der Waals surface area (Å²) >= 11 is -0.458. The van der Waals surface area contributed by atoms with Gasteiger partial charge in [0.1, 0.15) is 0 Å². The van der Waals surface area contributed by atoms with E-state index in [2.05, 4.69) is 0 Å². The van der Waals surface area contributed by atoms with Gasteiger partial charge in [-0.15, -0.1) is 0 Å². The molecule has 0 aliphatic rings. The maximum Gasteiger partial charge on any atom is 0.446 e. The molecule has 1 N–H and O–H groups in total. The average Bonchev–Trinajstić information content (AvgIpc) is 1.99. The second-order valence-electron chi connectivity index (χ2n) is 2.51. The van der Waals surface area contributed by atoms with E-state index in [1.165, 1.54) is 0 Å². The number of halogens is 3. The molecule has 0 fully saturated rings. The van der Waals surface area contributed by atoms with Gasteiger partial charge < -0.3 is 10.2 Å². The Labute approximate surface area is 86.5 Å². The van der Waals surface area contributed by atoms with Crippen molar-refractivity contribution < 1.29 is 28.2 Å². The predicted molar refractivity (Wildman–Crippen MR) is 44.8 cm³/mol. The van der Waals surface area contributed by atoms with Crippen LogP contribution < -0.4 is 5.11 Å². The predicted octanol–water partition coefficient (Wildman–Crippen LogP) is 2.07. The highest BCUT2D eigenvalue weighted by Crippen LogP contribution is 2.38.